The van der Waals surface area contributed by atoms with Crippen LogP contribution in [0.1, 0.15) is 22.8 Å². The average Bonchev–Trinajstić information content (AvgIpc) is 2.99. The number of hydrogen-bond acceptors (Lipinski definition) is 8. The Labute approximate surface area is 250 Å². The van der Waals surface area contributed by atoms with E-state index < -0.39 is 0 Å². The van der Waals surface area contributed by atoms with Crippen molar-refractivity contribution in [2.75, 3.05) is 68.5 Å². The number of methoxy groups -OCH3 is 1. The van der Waals surface area contributed by atoms with Gasteiger partial charge in [-0.2, -0.15) is 0 Å². The number of amides is 2. The van der Waals surface area contributed by atoms with E-state index in [1.165, 1.54) is 23.0 Å². The second kappa shape index (κ2) is 13.0. The number of hydrogen-bond donors (Lipinski definition) is 0. The highest BCUT2D eigenvalue weighted by molar-refractivity contribution is 7.99. The van der Waals surface area contributed by atoms with E-state index in [0.29, 0.717) is 60.2 Å². The van der Waals surface area contributed by atoms with Crippen molar-refractivity contribution in [1.82, 2.24) is 19.8 Å². The van der Waals surface area contributed by atoms with Gasteiger partial charge in [0.25, 0.3) is 5.91 Å². The molecule has 3 aromatic rings. The van der Waals surface area contributed by atoms with Crippen LogP contribution in [0.25, 0.3) is 0 Å². The number of para-hydroxylation sites is 1. The van der Waals surface area contributed by atoms with E-state index in [1.807, 2.05) is 41.0 Å². The van der Waals surface area contributed by atoms with Gasteiger partial charge in [-0.05, 0) is 43.7 Å². The molecule has 9 nitrogen and oxygen atoms in total. The van der Waals surface area contributed by atoms with Crippen molar-refractivity contribution in [2.24, 2.45) is 0 Å². The molecule has 1 aromatic heterocycles. The third kappa shape index (κ3) is 6.87. The summed E-state index contributed by atoms with van der Waals surface area (Å²) >= 11 is 7.68. The summed E-state index contributed by atoms with van der Waals surface area (Å²) in [5.41, 5.74) is 3.08. The Balaban J connectivity index is 1.15. The first-order chi connectivity index (χ1) is 19.8. The van der Waals surface area contributed by atoms with Crippen LogP contribution in [0.3, 0.4) is 0 Å². The number of piperazine rings is 2. The van der Waals surface area contributed by atoms with Gasteiger partial charge in [0.2, 0.25) is 5.91 Å². The fourth-order valence-corrected chi connectivity index (χ4v) is 6.32. The van der Waals surface area contributed by atoms with E-state index >= 15 is 0 Å². The zero-order chi connectivity index (χ0) is 28.9. The standard InChI is InChI=1S/C30H35ClN6O3S/c1-21-7-4-5-10-25(21)34-11-13-35(14-12-34)28(38)20-41-30-32-26(31)18-27(33-30)36-15-16-37(22(2)19-36)29(39)23-8-6-9-24(17-23)40-3/h4-10,17-18,22H,11-16,19-20H2,1-3H3. The number of thioether (sulfide) groups is 1. The van der Waals surface area contributed by atoms with Crippen LogP contribution in [0.4, 0.5) is 11.5 Å². The van der Waals surface area contributed by atoms with Crippen LogP contribution in [-0.4, -0.2) is 96.3 Å². The van der Waals surface area contributed by atoms with Gasteiger partial charge in [-0.3, -0.25) is 9.59 Å². The number of benzene rings is 2. The van der Waals surface area contributed by atoms with Crippen molar-refractivity contribution in [3.05, 3.63) is 70.9 Å². The molecule has 216 valence electrons. The lowest BCUT2D eigenvalue weighted by Gasteiger charge is -2.40. The molecule has 2 aliphatic heterocycles. The molecule has 5 rings (SSSR count). The lowest BCUT2D eigenvalue weighted by Crippen LogP contribution is -2.54. The second-order valence-electron chi connectivity index (χ2n) is 10.3. The molecule has 0 spiro atoms. The maximum Gasteiger partial charge on any atom is 0.254 e. The highest BCUT2D eigenvalue weighted by Crippen LogP contribution is 2.26. The van der Waals surface area contributed by atoms with E-state index in [1.54, 1.807) is 19.2 Å². The lowest BCUT2D eigenvalue weighted by molar-refractivity contribution is -0.128. The zero-order valence-corrected chi connectivity index (χ0v) is 25.2. The molecule has 0 N–H and O–H groups in total. The van der Waals surface area contributed by atoms with E-state index in [-0.39, 0.29) is 23.6 Å². The van der Waals surface area contributed by atoms with Gasteiger partial charge in [0.05, 0.1) is 12.9 Å². The molecule has 0 bridgehead atoms. The van der Waals surface area contributed by atoms with Gasteiger partial charge in [-0.25, -0.2) is 9.97 Å². The van der Waals surface area contributed by atoms with Crippen LogP contribution in [0.2, 0.25) is 5.15 Å². The van der Waals surface area contributed by atoms with Crippen molar-refractivity contribution in [1.29, 1.82) is 0 Å². The predicted molar refractivity (Wildman–Crippen MR) is 163 cm³/mol. The van der Waals surface area contributed by atoms with Gasteiger partial charge in [0.15, 0.2) is 5.16 Å². The van der Waals surface area contributed by atoms with E-state index in [2.05, 4.69) is 39.9 Å². The highest BCUT2D eigenvalue weighted by atomic mass is 35.5. The maximum atomic E-state index is 13.2. The Hall–Kier alpha value is -3.50. The normalized spacial score (nSPS) is 17.5. The number of carbonyl (C=O) groups excluding carboxylic acids is 2. The van der Waals surface area contributed by atoms with Gasteiger partial charge in [0, 0.05) is 69.2 Å². The molecule has 0 aliphatic carbocycles. The number of aryl methyl sites for hydroxylation is 1. The molecule has 1 unspecified atom stereocenters. The summed E-state index contributed by atoms with van der Waals surface area (Å²) < 4.78 is 5.28. The molecule has 2 amide bonds. The number of ether oxygens (including phenoxy) is 1. The van der Waals surface area contributed by atoms with Crippen LogP contribution in [0.5, 0.6) is 5.75 Å². The Morgan fingerprint density at radius 3 is 2.46 bits per heavy atom. The molecular formula is C30H35ClN6O3S. The zero-order valence-electron chi connectivity index (χ0n) is 23.6. The molecule has 2 saturated heterocycles. The molecule has 2 aromatic carbocycles. The van der Waals surface area contributed by atoms with Crippen molar-refractivity contribution < 1.29 is 14.3 Å². The van der Waals surface area contributed by atoms with Crippen molar-refractivity contribution >= 4 is 46.7 Å². The molecule has 0 radical (unpaired) electrons. The molecule has 2 aliphatic rings. The Morgan fingerprint density at radius 2 is 1.73 bits per heavy atom. The fraction of sp³-hybridized carbons (Fsp3) is 0.400. The summed E-state index contributed by atoms with van der Waals surface area (Å²) in [5.74, 6) is 1.66. The molecule has 3 heterocycles. The minimum atomic E-state index is -0.0350. The second-order valence-corrected chi connectivity index (χ2v) is 11.6. The Bertz CT molecular complexity index is 1400. The SMILES string of the molecule is COc1cccc(C(=O)N2CCN(c3cc(Cl)nc(SCC(=O)N4CCN(c5ccccc5C)CC4)n3)CC2C)c1. The quantitative estimate of drug-likeness (QED) is 0.228. The average molecular weight is 595 g/mol. The number of nitrogens with zero attached hydrogens (tertiary/aromatic N) is 6. The van der Waals surface area contributed by atoms with E-state index in [0.717, 1.165) is 13.1 Å². The number of halogens is 1. The first kappa shape index (κ1) is 29.0. The largest absolute Gasteiger partial charge is 0.497 e. The summed E-state index contributed by atoms with van der Waals surface area (Å²) in [6, 6.07) is 17.3. The monoisotopic (exact) mass is 594 g/mol. The highest BCUT2D eigenvalue weighted by Gasteiger charge is 2.29. The summed E-state index contributed by atoms with van der Waals surface area (Å²) in [4.78, 5) is 43.5. The first-order valence-electron chi connectivity index (χ1n) is 13.8. The Kier molecular flexibility index (Phi) is 9.19. The topological polar surface area (TPSA) is 82.1 Å². The number of rotatable bonds is 7. The number of anilines is 2. The van der Waals surface area contributed by atoms with Gasteiger partial charge < -0.3 is 24.3 Å². The van der Waals surface area contributed by atoms with Gasteiger partial charge in [-0.1, -0.05) is 47.6 Å². The van der Waals surface area contributed by atoms with Crippen molar-refractivity contribution in [3.8, 4) is 5.75 Å². The maximum absolute atomic E-state index is 13.2. The van der Waals surface area contributed by atoms with Crippen LogP contribution in [0.15, 0.2) is 59.8 Å². The van der Waals surface area contributed by atoms with Gasteiger partial charge in [-0.15, -0.1) is 0 Å². The molecule has 1 atom stereocenters. The molecular weight excluding hydrogens is 560 g/mol. The van der Waals surface area contributed by atoms with Crippen molar-refractivity contribution in [3.63, 3.8) is 0 Å². The summed E-state index contributed by atoms with van der Waals surface area (Å²) in [6.45, 7) is 8.91. The van der Waals surface area contributed by atoms with Crippen LogP contribution >= 0.6 is 23.4 Å². The van der Waals surface area contributed by atoms with Crippen LogP contribution < -0.4 is 14.5 Å². The van der Waals surface area contributed by atoms with E-state index in [9.17, 15) is 9.59 Å². The number of aromatic nitrogens is 2. The molecule has 11 heteroatoms. The minimum absolute atomic E-state index is 0.0220. The summed E-state index contributed by atoms with van der Waals surface area (Å²) in [7, 11) is 1.59. The minimum Gasteiger partial charge on any atom is -0.497 e. The van der Waals surface area contributed by atoms with Crippen LogP contribution in [0, 0.1) is 6.92 Å². The molecule has 2 fully saturated rings. The van der Waals surface area contributed by atoms with Gasteiger partial charge in [0.1, 0.15) is 16.7 Å². The lowest BCUT2D eigenvalue weighted by atomic mass is 10.1. The van der Waals surface area contributed by atoms with Crippen molar-refractivity contribution in [2.45, 2.75) is 25.0 Å². The molecule has 0 saturated carbocycles. The van der Waals surface area contributed by atoms with Gasteiger partial charge >= 0.3 is 0 Å². The fourth-order valence-electron chi connectivity index (χ4n) is 5.33. The third-order valence-electron chi connectivity index (χ3n) is 7.60. The predicted octanol–water partition coefficient (Wildman–Crippen LogP) is 4.24. The number of carbonyl (C=O) groups is 2. The third-order valence-corrected chi connectivity index (χ3v) is 8.63. The smallest absolute Gasteiger partial charge is 0.254 e. The first-order valence-corrected chi connectivity index (χ1v) is 15.1. The van der Waals surface area contributed by atoms with Crippen LogP contribution in [-0.2, 0) is 4.79 Å². The molecule has 41 heavy (non-hydrogen) atoms. The Morgan fingerprint density at radius 1 is 0.976 bits per heavy atom. The summed E-state index contributed by atoms with van der Waals surface area (Å²) in [5, 5.41) is 0.807. The van der Waals surface area contributed by atoms with E-state index in [4.69, 9.17) is 21.3 Å². The summed E-state index contributed by atoms with van der Waals surface area (Å²) in [6.07, 6.45) is 0.